The third-order valence-corrected chi connectivity index (χ3v) is 4.32. The van der Waals surface area contributed by atoms with Gasteiger partial charge in [0.05, 0.1) is 24.1 Å². The number of methoxy groups -OCH3 is 1. The summed E-state index contributed by atoms with van der Waals surface area (Å²) in [5.41, 5.74) is 3.58. The minimum atomic E-state index is 0.432. The minimum absolute atomic E-state index is 0.432. The Morgan fingerprint density at radius 2 is 2.04 bits per heavy atom. The number of benzene rings is 1. The lowest BCUT2D eigenvalue weighted by Gasteiger charge is -2.14. The molecule has 7 nitrogen and oxygen atoms in total. The molecule has 7 heteroatoms. The molecule has 0 saturated heterocycles. The van der Waals surface area contributed by atoms with Gasteiger partial charge < -0.3 is 14.6 Å². The van der Waals surface area contributed by atoms with Crippen LogP contribution in [0.25, 0.3) is 17.2 Å². The van der Waals surface area contributed by atoms with E-state index in [0.29, 0.717) is 17.5 Å². The lowest BCUT2D eigenvalue weighted by Crippen LogP contribution is -2.05. The van der Waals surface area contributed by atoms with E-state index in [1.165, 1.54) is 0 Å². The molecule has 0 atom stereocenters. The molecule has 0 fully saturated rings. The van der Waals surface area contributed by atoms with E-state index in [2.05, 4.69) is 32.7 Å². The zero-order valence-corrected chi connectivity index (χ0v) is 16.0. The fourth-order valence-electron chi connectivity index (χ4n) is 3.01. The SMILES string of the molecule is COc1ccc(Nc2cc(C)nn2C2=CC=CC=CC2)c(-c2nc(C)no2)c1. The van der Waals surface area contributed by atoms with Crippen molar-refractivity contribution in [3.05, 3.63) is 66.2 Å². The van der Waals surface area contributed by atoms with E-state index >= 15 is 0 Å². The van der Waals surface area contributed by atoms with E-state index in [-0.39, 0.29) is 0 Å². The maximum Gasteiger partial charge on any atom is 0.260 e. The normalized spacial score (nSPS) is 13.3. The van der Waals surface area contributed by atoms with Gasteiger partial charge in [-0.25, -0.2) is 4.68 Å². The molecule has 3 aromatic rings. The second kappa shape index (κ2) is 7.56. The van der Waals surface area contributed by atoms with Crippen molar-refractivity contribution in [2.75, 3.05) is 12.4 Å². The molecule has 0 spiro atoms. The van der Waals surface area contributed by atoms with Gasteiger partial charge in [-0.15, -0.1) is 0 Å². The zero-order valence-electron chi connectivity index (χ0n) is 16.0. The third-order valence-electron chi connectivity index (χ3n) is 4.32. The number of rotatable bonds is 5. The summed E-state index contributed by atoms with van der Waals surface area (Å²) >= 11 is 0. The number of allylic oxidation sites excluding steroid dienone is 6. The number of aryl methyl sites for hydroxylation is 2. The van der Waals surface area contributed by atoms with Crippen molar-refractivity contribution in [1.82, 2.24) is 19.9 Å². The fourth-order valence-corrected chi connectivity index (χ4v) is 3.01. The van der Waals surface area contributed by atoms with Crippen LogP contribution in [0.4, 0.5) is 11.5 Å². The number of anilines is 2. The molecule has 0 aliphatic heterocycles. The van der Waals surface area contributed by atoms with Gasteiger partial charge in [0.2, 0.25) is 0 Å². The first-order valence-corrected chi connectivity index (χ1v) is 8.99. The summed E-state index contributed by atoms with van der Waals surface area (Å²) in [6.45, 7) is 3.76. The summed E-state index contributed by atoms with van der Waals surface area (Å²) in [5.74, 6) is 2.58. The highest BCUT2D eigenvalue weighted by Gasteiger charge is 2.16. The molecule has 0 unspecified atom stereocenters. The molecule has 0 saturated carbocycles. The summed E-state index contributed by atoms with van der Waals surface area (Å²) in [4.78, 5) is 4.36. The number of nitrogens with one attached hydrogen (secondary N) is 1. The van der Waals surface area contributed by atoms with Crippen LogP contribution in [0, 0.1) is 13.8 Å². The predicted molar refractivity (Wildman–Crippen MR) is 108 cm³/mol. The van der Waals surface area contributed by atoms with Crippen molar-refractivity contribution in [2.45, 2.75) is 20.3 Å². The Kier molecular flexibility index (Phi) is 4.80. The van der Waals surface area contributed by atoms with Crippen molar-refractivity contribution < 1.29 is 9.26 Å². The highest BCUT2D eigenvalue weighted by Crippen LogP contribution is 2.33. The number of aromatic nitrogens is 4. The zero-order chi connectivity index (χ0) is 19.5. The molecule has 2 heterocycles. The molecule has 1 aliphatic carbocycles. The van der Waals surface area contributed by atoms with Crippen LogP contribution in [0.5, 0.6) is 5.75 Å². The number of hydrogen-bond donors (Lipinski definition) is 1. The molecule has 0 radical (unpaired) electrons. The molecule has 2 aromatic heterocycles. The Morgan fingerprint density at radius 3 is 2.82 bits per heavy atom. The first-order valence-electron chi connectivity index (χ1n) is 8.99. The Hall–Kier alpha value is -3.61. The van der Waals surface area contributed by atoms with Crippen LogP contribution in [0.3, 0.4) is 0 Å². The van der Waals surface area contributed by atoms with Gasteiger partial charge in [0.15, 0.2) is 5.82 Å². The van der Waals surface area contributed by atoms with Crippen LogP contribution in [-0.2, 0) is 0 Å². The molecule has 1 N–H and O–H groups in total. The number of hydrogen-bond acceptors (Lipinski definition) is 6. The van der Waals surface area contributed by atoms with E-state index in [1.807, 2.05) is 54.1 Å². The van der Waals surface area contributed by atoms with Crippen LogP contribution in [0.15, 0.2) is 59.2 Å². The van der Waals surface area contributed by atoms with Crippen LogP contribution >= 0.6 is 0 Å². The van der Waals surface area contributed by atoms with Gasteiger partial charge in [-0.3, -0.25) is 0 Å². The maximum atomic E-state index is 5.39. The Balaban J connectivity index is 1.75. The molecule has 0 bridgehead atoms. The van der Waals surface area contributed by atoms with Gasteiger partial charge in [0, 0.05) is 18.2 Å². The lowest BCUT2D eigenvalue weighted by molar-refractivity contribution is 0.412. The number of nitrogens with zero attached hydrogens (tertiary/aromatic N) is 4. The van der Waals surface area contributed by atoms with Crippen molar-refractivity contribution in [3.8, 4) is 17.2 Å². The molecular weight excluding hydrogens is 354 g/mol. The van der Waals surface area contributed by atoms with E-state index < -0.39 is 0 Å². The lowest BCUT2D eigenvalue weighted by atomic mass is 10.1. The fraction of sp³-hybridized carbons (Fsp3) is 0.190. The highest BCUT2D eigenvalue weighted by atomic mass is 16.5. The van der Waals surface area contributed by atoms with Crippen LogP contribution in [0.1, 0.15) is 17.9 Å². The largest absolute Gasteiger partial charge is 0.497 e. The molecule has 4 rings (SSSR count). The monoisotopic (exact) mass is 375 g/mol. The molecule has 28 heavy (non-hydrogen) atoms. The van der Waals surface area contributed by atoms with E-state index in [1.54, 1.807) is 14.0 Å². The molecular formula is C21H21N5O2. The van der Waals surface area contributed by atoms with Crippen molar-refractivity contribution >= 4 is 17.2 Å². The summed E-state index contributed by atoms with van der Waals surface area (Å²) in [7, 11) is 1.63. The third kappa shape index (κ3) is 3.59. The minimum Gasteiger partial charge on any atom is -0.497 e. The van der Waals surface area contributed by atoms with E-state index in [9.17, 15) is 0 Å². The average molecular weight is 375 g/mol. The van der Waals surface area contributed by atoms with Crippen molar-refractivity contribution in [1.29, 1.82) is 0 Å². The first-order chi connectivity index (χ1) is 13.6. The Morgan fingerprint density at radius 1 is 1.14 bits per heavy atom. The van der Waals surface area contributed by atoms with Crippen LogP contribution < -0.4 is 10.1 Å². The van der Waals surface area contributed by atoms with E-state index in [4.69, 9.17) is 9.26 Å². The molecule has 142 valence electrons. The predicted octanol–water partition coefficient (Wildman–Crippen LogP) is 4.66. The quantitative estimate of drug-likeness (QED) is 0.699. The number of ether oxygens (including phenoxy) is 1. The van der Waals surface area contributed by atoms with Crippen LogP contribution in [-0.4, -0.2) is 27.0 Å². The van der Waals surface area contributed by atoms with Gasteiger partial charge >= 0.3 is 0 Å². The smallest absolute Gasteiger partial charge is 0.260 e. The van der Waals surface area contributed by atoms with Gasteiger partial charge in [-0.2, -0.15) is 10.1 Å². The van der Waals surface area contributed by atoms with Gasteiger partial charge in [0.1, 0.15) is 11.6 Å². The second-order valence-electron chi connectivity index (χ2n) is 6.44. The first kappa shape index (κ1) is 17.8. The summed E-state index contributed by atoms with van der Waals surface area (Å²) in [6.07, 6.45) is 11.0. The van der Waals surface area contributed by atoms with Gasteiger partial charge in [-0.05, 0) is 38.1 Å². The second-order valence-corrected chi connectivity index (χ2v) is 6.44. The Labute approximate surface area is 163 Å². The van der Waals surface area contributed by atoms with Gasteiger partial charge in [-0.1, -0.05) is 29.5 Å². The molecule has 1 aromatic carbocycles. The van der Waals surface area contributed by atoms with Crippen molar-refractivity contribution in [3.63, 3.8) is 0 Å². The molecule has 1 aliphatic rings. The summed E-state index contributed by atoms with van der Waals surface area (Å²) in [6, 6.07) is 7.70. The standard InChI is InChI=1S/C21H21N5O2/c1-14-12-20(26(24-14)16-8-6-4-5-7-9-16)23-19-11-10-17(27-3)13-18(19)21-22-15(2)25-28-21/h4-8,10-13,23H,9H2,1-3H3. The molecule has 0 amide bonds. The van der Waals surface area contributed by atoms with Gasteiger partial charge in [0.25, 0.3) is 5.89 Å². The summed E-state index contributed by atoms with van der Waals surface area (Å²) < 4.78 is 12.7. The average Bonchev–Trinajstić information content (AvgIpc) is 3.17. The topological polar surface area (TPSA) is 78.0 Å². The maximum absolute atomic E-state index is 5.39. The van der Waals surface area contributed by atoms with Crippen LogP contribution in [0.2, 0.25) is 0 Å². The highest BCUT2D eigenvalue weighted by molar-refractivity contribution is 5.78. The Bertz CT molecular complexity index is 1090. The summed E-state index contributed by atoms with van der Waals surface area (Å²) in [5, 5.41) is 12.0. The van der Waals surface area contributed by atoms with Crippen molar-refractivity contribution in [2.24, 2.45) is 0 Å². The van der Waals surface area contributed by atoms with E-state index in [0.717, 1.165) is 34.9 Å².